The van der Waals surface area contributed by atoms with Crippen LogP contribution >= 0.6 is 0 Å². The van der Waals surface area contributed by atoms with Gasteiger partial charge in [-0.05, 0) is 26.2 Å². The Morgan fingerprint density at radius 1 is 1.42 bits per heavy atom. The van der Waals surface area contributed by atoms with E-state index >= 15 is 0 Å². The summed E-state index contributed by atoms with van der Waals surface area (Å²) in [6.07, 6.45) is 6.83. The van der Waals surface area contributed by atoms with Crippen LogP contribution in [0.5, 0.6) is 0 Å². The largest absolute Gasteiger partial charge is 0.466 e. The molecule has 12 heavy (non-hydrogen) atoms. The van der Waals surface area contributed by atoms with Crippen molar-refractivity contribution in [1.82, 2.24) is 0 Å². The Kier molecular flexibility index (Phi) is 3.09. The van der Waals surface area contributed by atoms with E-state index in [1.165, 1.54) is 12.7 Å². The fraction of sp³-hybridized carbons (Fsp3) is 0.500. The number of ether oxygens (including phenoxy) is 1. The SMILES string of the molecule is COC(=O)C1=CC=C(C)CCC1. The zero-order chi connectivity index (χ0) is 8.97. The summed E-state index contributed by atoms with van der Waals surface area (Å²) in [5.41, 5.74) is 2.11. The molecule has 0 heterocycles. The van der Waals surface area contributed by atoms with Crippen molar-refractivity contribution in [2.75, 3.05) is 7.11 Å². The second-order valence-corrected chi connectivity index (χ2v) is 3.05. The number of hydrogen-bond acceptors (Lipinski definition) is 2. The minimum Gasteiger partial charge on any atom is -0.466 e. The van der Waals surface area contributed by atoms with E-state index < -0.39 is 0 Å². The Morgan fingerprint density at radius 3 is 2.83 bits per heavy atom. The van der Waals surface area contributed by atoms with Gasteiger partial charge in [0, 0.05) is 5.57 Å². The van der Waals surface area contributed by atoms with E-state index in [9.17, 15) is 4.79 Å². The maximum Gasteiger partial charge on any atom is 0.333 e. The molecular formula is C10H14O2. The minimum atomic E-state index is -0.194. The van der Waals surface area contributed by atoms with Crippen molar-refractivity contribution in [2.45, 2.75) is 26.2 Å². The molecule has 2 nitrogen and oxygen atoms in total. The molecule has 1 aliphatic carbocycles. The van der Waals surface area contributed by atoms with Crippen LogP contribution < -0.4 is 0 Å². The Hall–Kier alpha value is -1.05. The molecule has 0 bridgehead atoms. The molecular weight excluding hydrogens is 152 g/mol. The summed E-state index contributed by atoms with van der Waals surface area (Å²) in [6.45, 7) is 2.08. The summed E-state index contributed by atoms with van der Waals surface area (Å²) in [6, 6.07) is 0. The number of esters is 1. The molecule has 0 aromatic rings. The Labute approximate surface area is 72.9 Å². The molecule has 0 aromatic carbocycles. The van der Waals surface area contributed by atoms with E-state index in [1.54, 1.807) is 0 Å². The first-order chi connectivity index (χ1) is 5.74. The Bertz CT molecular complexity index is 236. The maximum absolute atomic E-state index is 11.1. The van der Waals surface area contributed by atoms with E-state index in [0.717, 1.165) is 24.8 Å². The van der Waals surface area contributed by atoms with Crippen LogP contribution in [0.2, 0.25) is 0 Å². The van der Waals surface area contributed by atoms with Gasteiger partial charge in [-0.3, -0.25) is 0 Å². The average molecular weight is 166 g/mol. The molecule has 1 aliphatic rings. The van der Waals surface area contributed by atoms with Gasteiger partial charge >= 0.3 is 5.97 Å². The van der Waals surface area contributed by atoms with Gasteiger partial charge in [0.15, 0.2) is 0 Å². The monoisotopic (exact) mass is 166 g/mol. The van der Waals surface area contributed by atoms with Crippen molar-refractivity contribution in [3.8, 4) is 0 Å². The molecule has 0 unspecified atom stereocenters. The number of carbonyl (C=O) groups is 1. The topological polar surface area (TPSA) is 26.3 Å². The van der Waals surface area contributed by atoms with Crippen molar-refractivity contribution < 1.29 is 9.53 Å². The number of methoxy groups -OCH3 is 1. The molecule has 1 rings (SSSR count). The van der Waals surface area contributed by atoms with Crippen molar-refractivity contribution in [3.05, 3.63) is 23.3 Å². The molecule has 0 saturated heterocycles. The molecule has 0 spiro atoms. The third-order valence-corrected chi connectivity index (χ3v) is 2.03. The summed E-state index contributed by atoms with van der Waals surface area (Å²) >= 11 is 0. The second kappa shape index (κ2) is 4.10. The molecule has 0 N–H and O–H groups in total. The fourth-order valence-corrected chi connectivity index (χ4v) is 1.27. The van der Waals surface area contributed by atoms with E-state index in [1.807, 2.05) is 12.2 Å². The van der Waals surface area contributed by atoms with E-state index in [4.69, 9.17) is 0 Å². The first kappa shape index (κ1) is 9.04. The summed E-state index contributed by atoms with van der Waals surface area (Å²) in [7, 11) is 1.42. The van der Waals surface area contributed by atoms with Crippen LogP contribution in [0.4, 0.5) is 0 Å². The van der Waals surface area contributed by atoms with Crippen LogP contribution in [0, 0.1) is 0 Å². The van der Waals surface area contributed by atoms with Crippen LogP contribution in [0.25, 0.3) is 0 Å². The second-order valence-electron chi connectivity index (χ2n) is 3.05. The van der Waals surface area contributed by atoms with E-state index in [0.29, 0.717) is 0 Å². The third-order valence-electron chi connectivity index (χ3n) is 2.03. The van der Waals surface area contributed by atoms with Gasteiger partial charge in [-0.1, -0.05) is 17.7 Å². The lowest BCUT2D eigenvalue weighted by molar-refractivity contribution is -0.136. The van der Waals surface area contributed by atoms with Crippen molar-refractivity contribution in [2.24, 2.45) is 0 Å². The smallest absolute Gasteiger partial charge is 0.333 e. The van der Waals surface area contributed by atoms with Gasteiger partial charge in [0.1, 0.15) is 0 Å². The summed E-state index contributed by atoms with van der Waals surface area (Å²) < 4.78 is 4.64. The summed E-state index contributed by atoms with van der Waals surface area (Å²) in [4.78, 5) is 11.1. The Morgan fingerprint density at radius 2 is 2.17 bits per heavy atom. The van der Waals surface area contributed by atoms with Crippen LogP contribution in [-0.4, -0.2) is 13.1 Å². The zero-order valence-electron chi connectivity index (χ0n) is 7.59. The number of hydrogen-bond donors (Lipinski definition) is 0. The zero-order valence-corrected chi connectivity index (χ0v) is 7.59. The van der Waals surface area contributed by atoms with Crippen molar-refractivity contribution >= 4 is 5.97 Å². The quantitative estimate of drug-likeness (QED) is 0.558. The first-order valence-corrected chi connectivity index (χ1v) is 4.18. The molecule has 0 saturated carbocycles. The van der Waals surface area contributed by atoms with Gasteiger partial charge in [-0.15, -0.1) is 0 Å². The molecule has 2 heteroatoms. The molecule has 0 radical (unpaired) electrons. The van der Waals surface area contributed by atoms with Crippen LogP contribution in [0.15, 0.2) is 23.3 Å². The van der Waals surface area contributed by atoms with E-state index in [2.05, 4.69) is 11.7 Å². The molecule has 66 valence electrons. The molecule has 0 atom stereocenters. The Balaban J connectivity index is 2.71. The van der Waals surface area contributed by atoms with Gasteiger partial charge < -0.3 is 4.74 Å². The lowest BCUT2D eigenvalue weighted by Gasteiger charge is -2.00. The highest BCUT2D eigenvalue weighted by molar-refractivity contribution is 5.88. The standard InChI is InChI=1S/C10H14O2/c1-8-4-3-5-9(7-6-8)10(11)12-2/h6-7H,3-5H2,1-2H3. The first-order valence-electron chi connectivity index (χ1n) is 4.18. The highest BCUT2D eigenvalue weighted by Gasteiger charge is 2.10. The van der Waals surface area contributed by atoms with Crippen molar-refractivity contribution in [1.29, 1.82) is 0 Å². The number of rotatable bonds is 1. The van der Waals surface area contributed by atoms with Gasteiger partial charge in [0.2, 0.25) is 0 Å². The normalized spacial score (nSPS) is 17.5. The molecule has 0 fully saturated rings. The molecule has 0 amide bonds. The van der Waals surface area contributed by atoms with Crippen LogP contribution in [-0.2, 0) is 9.53 Å². The lowest BCUT2D eigenvalue weighted by atomic mass is 10.1. The molecule has 0 aromatic heterocycles. The highest BCUT2D eigenvalue weighted by Crippen LogP contribution is 2.17. The van der Waals surface area contributed by atoms with Gasteiger partial charge in [-0.25, -0.2) is 4.79 Å². The van der Waals surface area contributed by atoms with Gasteiger partial charge in [-0.2, -0.15) is 0 Å². The van der Waals surface area contributed by atoms with Crippen LogP contribution in [0.3, 0.4) is 0 Å². The van der Waals surface area contributed by atoms with Crippen LogP contribution in [0.1, 0.15) is 26.2 Å². The van der Waals surface area contributed by atoms with Crippen molar-refractivity contribution in [3.63, 3.8) is 0 Å². The average Bonchev–Trinajstić information content (AvgIpc) is 2.29. The van der Waals surface area contributed by atoms with E-state index in [-0.39, 0.29) is 5.97 Å². The molecule has 0 aliphatic heterocycles. The highest BCUT2D eigenvalue weighted by atomic mass is 16.5. The lowest BCUT2D eigenvalue weighted by Crippen LogP contribution is -2.03. The minimum absolute atomic E-state index is 0.194. The summed E-state index contributed by atoms with van der Waals surface area (Å²) in [5, 5.41) is 0. The maximum atomic E-state index is 11.1. The number of carbonyl (C=O) groups excluding carboxylic acids is 1. The number of allylic oxidation sites excluding steroid dienone is 3. The summed E-state index contributed by atoms with van der Waals surface area (Å²) in [5.74, 6) is -0.194. The predicted octanol–water partition coefficient (Wildman–Crippen LogP) is 2.22. The predicted molar refractivity (Wildman–Crippen MR) is 47.7 cm³/mol. The van der Waals surface area contributed by atoms with Gasteiger partial charge in [0.25, 0.3) is 0 Å². The third kappa shape index (κ3) is 2.22. The van der Waals surface area contributed by atoms with Gasteiger partial charge in [0.05, 0.1) is 7.11 Å². The fourth-order valence-electron chi connectivity index (χ4n) is 1.27.